The highest BCUT2D eigenvalue weighted by Crippen LogP contribution is 2.49. The van der Waals surface area contributed by atoms with Gasteiger partial charge < -0.3 is 9.32 Å². The minimum atomic E-state index is 0.854. The predicted octanol–water partition coefficient (Wildman–Crippen LogP) is 16.2. The topological polar surface area (TPSA) is 16.4 Å². The highest BCUT2D eigenvalue weighted by atomic mass is 16.3. The molecule has 270 valence electrons. The third-order valence-corrected chi connectivity index (χ3v) is 12.0. The average Bonchev–Trinajstić information content (AvgIpc) is 3.67. The minimum Gasteiger partial charge on any atom is -0.455 e. The molecule has 58 heavy (non-hydrogen) atoms. The van der Waals surface area contributed by atoms with Gasteiger partial charge in [-0.1, -0.05) is 170 Å². The molecule has 0 N–H and O–H groups in total. The van der Waals surface area contributed by atoms with E-state index in [1.54, 1.807) is 0 Å². The van der Waals surface area contributed by atoms with Gasteiger partial charge in [-0.25, -0.2) is 0 Å². The van der Waals surface area contributed by atoms with E-state index < -0.39 is 0 Å². The fourth-order valence-electron chi connectivity index (χ4n) is 9.40. The van der Waals surface area contributed by atoms with E-state index in [9.17, 15) is 0 Å². The van der Waals surface area contributed by atoms with Gasteiger partial charge >= 0.3 is 0 Å². The van der Waals surface area contributed by atoms with Gasteiger partial charge in [0.05, 0.1) is 11.1 Å². The molecule has 0 aliphatic rings. The molecular formula is C56H35NO. The van der Waals surface area contributed by atoms with Crippen molar-refractivity contribution in [3.05, 3.63) is 212 Å². The van der Waals surface area contributed by atoms with Crippen molar-refractivity contribution in [2.24, 2.45) is 0 Å². The maximum Gasteiger partial charge on any atom is 0.143 e. The summed E-state index contributed by atoms with van der Waals surface area (Å²) < 4.78 is 7.08. The highest BCUT2D eigenvalue weighted by Gasteiger charge is 2.24. The lowest BCUT2D eigenvalue weighted by Crippen LogP contribution is -2.10. The van der Waals surface area contributed by atoms with Crippen molar-refractivity contribution in [1.82, 2.24) is 0 Å². The quantitative estimate of drug-likeness (QED) is 0.164. The van der Waals surface area contributed by atoms with Gasteiger partial charge in [-0.2, -0.15) is 0 Å². The number of anilines is 3. The molecule has 2 nitrogen and oxygen atoms in total. The highest BCUT2D eigenvalue weighted by molar-refractivity contribution is 6.27. The van der Waals surface area contributed by atoms with Crippen molar-refractivity contribution in [2.45, 2.75) is 0 Å². The predicted molar refractivity (Wildman–Crippen MR) is 247 cm³/mol. The molecule has 0 atom stereocenters. The lowest BCUT2D eigenvalue weighted by Gasteiger charge is -2.27. The van der Waals surface area contributed by atoms with Crippen molar-refractivity contribution in [1.29, 1.82) is 0 Å². The van der Waals surface area contributed by atoms with Crippen molar-refractivity contribution in [3.63, 3.8) is 0 Å². The first-order valence-electron chi connectivity index (χ1n) is 19.9. The first-order valence-corrected chi connectivity index (χ1v) is 19.9. The molecule has 11 aromatic carbocycles. The fraction of sp³-hybridized carbons (Fsp3) is 0. The van der Waals surface area contributed by atoms with Crippen LogP contribution in [0.25, 0.3) is 98.1 Å². The minimum absolute atomic E-state index is 0.854. The van der Waals surface area contributed by atoms with Crippen molar-refractivity contribution in [2.75, 3.05) is 4.90 Å². The van der Waals surface area contributed by atoms with E-state index in [0.717, 1.165) is 44.6 Å². The van der Waals surface area contributed by atoms with Crippen LogP contribution in [0.1, 0.15) is 0 Å². The van der Waals surface area contributed by atoms with Gasteiger partial charge in [-0.15, -0.1) is 0 Å². The van der Waals surface area contributed by atoms with Gasteiger partial charge in [0.2, 0.25) is 0 Å². The molecule has 1 heterocycles. The molecule has 0 saturated carbocycles. The van der Waals surface area contributed by atoms with Crippen LogP contribution in [0.2, 0.25) is 0 Å². The number of benzene rings is 11. The van der Waals surface area contributed by atoms with Crippen LogP contribution in [0.3, 0.4) is 0 Å². The summed E-state index contributed by atoms with van der Waals surface area (Å²) in [5, 5.41) is 14.5. The first-order chi connectivity index (χ1) is 28.8. The van der Waals surface area contributed by atoms with E-state index in [4.69, 9.17) is 4.42 Å². The molecule has 0 aliphatic heterocycles. The van der Waals surface area contributed by atoms with E-state index >= 15 is 0 Å². The molecule has 0 saturated heterocycles. The Morgan fingerprint density at radius 2 is 0.879 bits per heavy atom. The molecule has 0 radical (unpaired) electrons. The van der Waals surface area contributed by atoms with E-state index in [-0.39, 0.29) is 0 Å². The number of rotatable bonds is 5. The lowest BCUT2D eigenvalue weighted by atomic mass is 9.91. The molecule has 0 spiro atoms. The van der Waals surface area contributed by atoms with Crippen molar-refractivity contribution < 1.29 is 4.42 Å². The Labute approximate surface area is 335 Å². The van der Waals surface area contributed by atoms with Gasteiger partial charge in [0.1, 0.15) is 11.2 Å². The first kappa shape index (κ1) is 32.6. The summed E-state index contributed by atoms with van der Waals surface area (Å²) in [6.45, 7) is 0. The third-order valence-electron chi connectivity index (χ3n) is 12.0. The number of hydrogen-bond donors (Lipinski definition) is 0. The second-order valence-corrected chi connectivity index (χ2v) is 15.2. The van der Waals surface area contributed by atoms with Gasteiger partial charge in [0.25, 0.3) is 0 Å². The van der Waals surface area contributed by atoms with Crippen LogP contribution in [-0.4, -0.2) is 0 Å². The van der Waals surface area contributed by atoms with Crippen LogP contribution in [0, 0.1) is 0 Å². The van der Waals surface area contributed by atoms with E-state index in [1.165, 1.54) is 70.6 Å². The number of fused-ring (bicyclic) bond motifs is 11. The molecule has 0 aliphatic carbocycles. The molecular weight excluding hydrogens is 703 g/mol. The standard InChI is InChI=1S/C56H35NO/c1-2-14-36(15-3-1)37-28-30-40(31-29-37)57(41-32-33-48-46-23-9-8-21-44(46)45-22-10-11-24-47(45)50(48)35-41)52-26-13-27-53-55(52)51-34-39-17-5-7-20-43(39)54(56(51)58-53)49-25-12-18-38-16-4-6-19-42(38)49/h1-35H. The summed E-state index contributed by atoms with van der Waals surface area (Å²) in [4.78, 5) is 2.42. The molecule has 0 amide bonds. The Kier molecular flexibility index (Phi) is 7.26. The largest absolute Gasteiger partial charge is 0.455 e. The second-order valence-electron chi connectivity index (χ2n) is 15.2. The molecule has 1 aromatic heterocycles. The van der Waals surface area contributed by atoms with E-state index in [0.29, 0.717) is 0 Å². The Morgan fingerprint density at radius 1 is 0.328 bits per heavy atom. The van der Waals surface area contributed by atoms with Crippen molar-refractivity contribution >= 4 is 92.9 Å². The van der Waals surface area contributed by atoms with Crippen LogP contribution in [0.15, 0.2) is 217 Å². The van der Waals surface area contributed by atoms with E-state index in [2.05, 4.69) is 217 Å². The van der Waals surface area contributed by atoms with Gasteiger partial charge in [-0.3, -0.25) is 0 Å². The molecule has 12 rings (SSSR count). The summed E-state index contributed by atoms with van der Waals surface area (Å²) in [7, 11) is 0. The van der Waals surface area contributed by atoms with E-state index in [1.807, 2.05) is 0 Å². The molecule has 0 unspecified atom stereocenters. The lowest BCUT2D eigenvalue weighted by molar-refractivity contribution is 0.670. The molecule has 0 bridgehead atoms. The molecule has 0 fully saturated rings. The van der Waals surface area contributed by atoms with Crippen LogP contribution in [0.4, 0.5) is 17.1 Å². The summed E-state index contributed by atoms with van der Waals surface area (Å²) in [6.07, 6.45) is 0. The zero-order chi connectivity index (χ0) is 38.2. The maximum absolute atomic E-state index is 7.08. The summed E-state index contributed by atoms with van der Waals surface area (Å²) in [6, 6.07) is 76.9. The van der Waals surface area contributed by atoms with Gasteiger partial charge in [-0.05, 0) is 113 Å². The maximum atomic E-state index is 7.08. The number of hydrogen-bond acceptors (Lipinski definition) is 2. The van der Waals surface area contributed by atoms with Gasteiger partial charge in [0.15, 0.2) is 0 Å². The SMILES string of the molecule is c1ccc(-c2ccc(N(c3ccc4c5ccccc5c5ccccc5c4c3)c3cccc4oc5c(-c6cccc7ccccc67)c6ccccc6cc5c34)cc2)cc1. The Bertz CT molecular complexity index is 3520. The van der Waals surface area contributed by atoms with Crippen LogP contribution in [-0.2, 0) is 0 Å². The summed E-state index contributed by atoms with van der Waals surface area (Å²) >= 11 is 0. The molecule has 2 heteroatoms. The van der Waals surface area contributed by atoms with Crippen LogP contribution in [0.5, 0.6) is 0 Å². The summed E-state index contributed by atoms with van der Waals surface area (Å²) in [5.41, 5.74) is 9.63. The zero-order valence-corrected chi connectivity index (χ0v) is 31.6. The summed E-state index contributed by atoms with van der Waals surface area (Å²) in [5.74, 6) is 0. The smallest absolute Gasteiger partial charge is 0.143 e. The number of nitrogens with zero attached hydrogens (tertiary/aromatic N) is 1. The molecule has 12 aromatic rings. The Morgan fingerprint density at radius 3 is 1.62 bits per heavy atom. The van der Waals surface area contributed by atoms with Crippen LogP contribution < -0.4 is 4.90 Å². The number of furan rings is 1. The monoisotopic (exact) mass is 737 g/mol. The van der Waals surface area contributed by atoms with Gasteiger partial charge in [0, 0.05) is 22.3 Å². The second kappa shape index (κ2) is 12.9. The van der Waals surface area contributed by atoms with Crippen LogP contribution >= 0.6 is 0 Å². The fourth-order valence-corrected chi connectivity index (χ4v) is 9.40. The average molecular weight is 738 g/mol. The zero-order valence-electron chi connectivity index (χ0n) is 31.6. The normalized spacial score (nSPS) is 11.8. The van der Waals surface area contributed by atoms with Crippen molar-refractivity contribution in [3.8, 4) is 22.3 Å². The third kappa shape index (κ3) is 4.99. The Hall–Kier alpha value is -7.68. The Balaban J connectivity index is 1.16.